The molecule has 2 aromatic heterocycles. The Kier molecular flexibility index (Phi) is 5.03. The molecule has 0 saturated carbocycles. The van der Waals surface area contributed by atoms with Crippen molar-refractivity contribution in [1.29, 1.82) is 0 Å². The third-order valence-corrected chi connectivity index (χ3v) is 4.69. The van der Waals surface area contributed by atoms with Gasteiger partial charge in [0.05, 0.1) is 17.0 Å². The quantitative estimate of drug-likeness (QED) is 0.644. The van der Waals surface area contributed by atoms with Crippen molar-refractivity contribution in [2.45, 2.75) is 58.0 Å². The average molecular weight is 335 g/mol. The normalized spacial score (nSPS) is 12.7. The Balaban J connectivity index is 2.25. The molecule has 0 bridgehead atoms. The highest BCUT2D eigenvalue weighted by Gasteiger charge is 2.26. The Morgan fingerprint density at radius 2 is 1.87 bits per heavy atom. The van der Waals surface area contributed by atoms with E-state index in [4.69, 9.17) is 0 Å². The molecule has 0 unspecified atom stereocenters. The first kappa shape index (κ1) is 17.4. The highest BCUT2D eigenvalue weighted by atomic mass is 32.2. The number of ketones is 2. The van der Waals surface area contributed by atoms with E-state index in [-0.39, 0.29) is 22.9 Å². The summed E-state index contributed by atoms with van der Waals surface area (Å²) in [5.41, 5.74) is 2.51. The lowest BCUT2D eigenvalue weighted by molar-refractivity contribution is 0.0988. The number of carbonyl (C=O) groups excluding carboxylic acids is 2. The van der Waals surface area contributed by atoms with Crippen molar-refractivity contribution in [3.05, 3.63) is 22.5 Å². The Bertz CT molecular complexity index is 747. The summed E-state index contributed by atoms with van der Waals surface area (Å²) in [6.07, 6.45) is 0. The van der Waals surface area contributed by atoms with Crippen LogP contribution in [0.2, 0.25) is 0 Å². The van der Waals surface area contributed by atoms with Crippen molar-refractivity contribution in [2.75, 3.05) is 0 Å². The number of hydrogen-bond acceptors (Lipinski definition) is 6. The van der Waals surface area contributed by atoms with Gasteiger partial charge in [-0.15, -0.1) is 5.10 Å². The first-order chi connectivity index (χ1) is 10.7. The van der Waals surface area contributed by atoms with Gasteiger partial charge in [0.1, 0.15) is 0 Å². The molecule has 0 radical (unpaired) electrons. The van der Waals surface area contributed by atoms with Gasteiger partial charge in [-0.2, -0.15) is 0 Å². The maximum absolute atomic E-state index is 12.7. The molecule has 0 amide bonds. The van der Waals surface area contributed by atoms with Crippen molar-refractivity contribution in [1.82, 2.24) is 25.2 Å². The van der Waals surface area contributed by atoms with Gasteiger partial charge >= 0.3 is 0 Å². The minimum atomic E-state index is -0.366. The van der Waals surface area contributed by atoms with Crippen LogP contribution in [0.5, 0.6) is 0 Å². The summed E-state index contributed by atoms with van der Waals surface area (Å²) in [4.78, 5) is 27.5. The van der Waals surface area contributed by atoms with E-state index in [1.807, 2.05) is 20.8 Å². The lowest BCUT2D eigenvalue weighted by Gasteiger charge is -2.11. The standard InChI is InChI=1S/C15H21N5O2S/c1-7(2)20-15(17-18-19-20)23-11(6)14(22)13-8(3)12(10(5)21)9(4)16-13/h7,11,16H,1-6H3/t11-/m0/s1. The van der Waals surface area contributed by atoms with Gasteiger partial charge < -0.3 is 4.98 Å². The van der Waals surface area contributed by atoms with E-state index in [2.05, 4.69) is 20.5 Å². The summed E-state index contributed by atoms with van der Waals surface area (Å²) < 4.78 is 1.68. The molecule has 1 N–H and O–H groups in total. The smallest absolute Gasteiger partial charge is 0.210 e. The fraction of sp³-hybridized carbons (Fsp3) is 0.533. The molecule has 0 saturated heterocycles. The molecule has 2 heterocycles. The summed E-state index contributed by atoms with van der Waals surface area (Å²) in [5, 5.41) is 11.8. The molecule has 0 aliphatic carbocycles. The fourth-order valence-electron chi connectivity index (χ4n) is 2.53. The van der Waals surface area contributed by atoms with Crippen LogP contribution in [0, 0.1) is 13.8 Å². The molecule has 2 rings (SSSR count). The second kappa shape index (κ2) is 6.66. The number of nitrogens with one attached hydrogen (secondary N) is 1. The molecule has 8 heteroatoms. The fourth-order valence-corrected chi connectivity index (χ4v) is 3.51. The van der Waals surface area contributed by atoms with Gasteiger partial charge in [-0.1, -0.05) is 11.8 Å². The predicted octanol–water partition coefficient (Wildman–Crippen LogP) is 2.77. The highest BCUT2D eigenvalue weighted by molar-refractivity contribution is 8.00. The van der Waals surface area contributed by atoms with Crippen LogP contribution in [0.25, 0.3) is 0 Å². The largest absolute Gasteiger partial charge is 0.355 e. The van der Waals surface area contributed by atoms with Crippen LogP contribution in [0.15, 0.2) is 5.16 Å². The average Bonchev–Trinajstić information content (AvgIpc) is 3.02. The number of nitrogens with zero attached hydrogens (tertiary/aromatic N) is 4. The van der Waals surface area contributed by atoms with E-state index in [1.165, 1.54) is 18.7 Å². The van der Waals surface area contributed by atoms with Crippen LogP contribution in [0.3, 0.4) is 0 Å². The van der Waals surface area contributed by atoms with Gasteiger partial charge in [0, 0.05) is 11.3 Å². The highest BCUT2D eigenvalue weighted by Crippen LogP contribution is 2.27. The van der Waals surface area contributed by atoms with E-state index < -0.39 is 0 Å². The number of aryl methyl sites for hydroxylation is 1. The Hall–Kier alpha value is -1.96. The summed E-state index contributed by atoms with van der Waals surface area (Å²) in [6.45, 7) is 10.9. The number of carbonyl (C=O) groups is 2. The Labute approximate surface area is 139 Å². The maximum Gasteiger partial charge on any atom is 0.210 e. The molecule has 0 spiro atoms. The van der Waals surface area contributed by atoms with E-state index in [0.717, 1.165) is 5.69 Å². The number of aromatic nitrogens is 5. The summed E-state index contributed by atoms with van der Waals surface area (Å²) in [7, 11) is 0. The Morgan fingerprint density at radius 1 is 1.22 bits per heavy atom. The Morgan fingerprint density at radius 3 is 2.39 bits per heavy atom. The van der Waals surface area contributed by atoms with Gasteiger partial charge in [-0.3, -0.25) is 9.59 Å². The first-order valence-corrected chi connectivity index (χ1v) is 8.30. The van der Waals surface area contributed by atoms with Gasteiger partial charge in [-0.05, 0) is 57.5 Å². The maximum atomic E-state index is 12.7. The third kappa shape index (κ3) is 3.36. The van der Waals surface area contributed by atoms with Crippen molar-refractivity contribution in [3.8, 4) is 0 Å². The number of thioether (sulfide) groups is 1. The van der Waals surface area contributed by atoms with Gasteiger partial charge in [0.2, 0.25) is 5.16 Å². The zero-order chi connectivity index (χ0) is 17.3. The molecule has 0 aliphatic heterocycles. The molecular formula is C15H21N5O2S. The second-order valence-corrected chi connectivity index (χ2v) is 7.11. The van der Waals surface area contributed by atoms with Crippen molar-refractivity contribution < 1.29 is 9.59 Å². The van der Waals surface area contributed by atoms with E-state index in [0.29, 0.717) is 22.0 Å². The topological polar surface area (TPSA) is 93.5 Å². The van der Waals surface area contributed by atoms with Crippen LogP contribution in [0.1, 0.15) is 65.8 Å². The second-order valence-electron chi connectivity index (χ2n) is 5.81. The van der Waals surface area contributed by atoms with Crippen LogP contribution in [-0.4, -0.2) is 42.0 Å². The summed E-state index contributed by atoms with van der Waals surface area (Å²) in [5.74, 6) is -0.110. The molecule has 0 fully saturated rings. The van der Waals surface area contributed by atoms with Crippen molar-refractivity contribution >= 4 is 23.3 Å². The van der Waals surface area contributed by atoms with Gasteiger partial charge in [0.15, 0.2) is 11.6 Å². The molecule has 23 heavy (non-hydrogen) atoms. The van der Waals surface area contributed by atoms with E-state index in [9.17, 15) is 9.59 Å². The molecule has 0 aromatic carbocycles. The molecule has 124 valence electrons. The minimum Gasteiger partial charge on any atom is -0.355 e. The zero-order valence-corrected chi connectivity index (χ0v) is 15.0. The monoisotopic (exact) mass is 335 g/mol. The SMILES string of the molecule is CC(=O)c1c(C)[nH]c(C(=O)[C@H](C)Sc2nnnn2C(C)C)c1C. The van der Waals surface area contributed by atoms with Crippen LogP contribution in [-0.2, 0) is 0 Å². The number of H-pyrrole nitrogens is 1. The first-order valence-electron chi connectivity index (χ1n) is 7.42. The van der Waals surface area contributed by atoms with Crippen molar-refractivity contribution in [2.24, 2.45) is 0 Å². The van der Waals surface area contributed by atoms with Crippen LogP contribution < -0.4 is 0 Å². The number of Topliss-reactive ketones (excluding diaryl/α,β-unsaturated/α-hetero) is 2. The minimum absolute atomic E-state index is 0.0423. The van der Waals surface area contributed by atoms with E-state index >= 15 is 0 Å². The number of tetrazole rings is 1. The van der Waals surface area contributed by atoms with Gasteiger partial charge in [-0.25, -0.2) is 4.68 Å². The molecule has 7 nitrogen and oxygen atoms in total. The lowest BCUT2D eigenvalue weighted by atomic mass is 10.0. The molecular weight excluding hydrogens is 314 g/mol. The third-order valence-electron chi connectivity index (χ3n) is 3.64. The molecule has 2 aromatic rings. The summed E-state index contributed by atoms with van der Waals surface area (Å²) in [6, 6.07) is 0.119. The van der Waals surface area contributed by atoms with E-state index in [1.54, 1.807) is 18.5 Å². The van der Waals surface area contributed by atoms with Crippen LogP contribution in [0.4, 0.5) is 0 Å². The predicted molar refractivity (Wildman–Crippen MR) is 88.1 cm³/mol. The summed E-state index contributed by atoms with van der Waals surface area (Å²) >= 11 is 1.31. The zero-order valence-electron chi connectivity index (χ0n) is 14.2. The molecule has 1 atom stereocenters. The number of hydrogen-bond donors (Lipinski definition) is 1. The van der Waals surface area contributed by atoms with Crippen molar-refractivity contribution in [3.63, 3.8) is 0 Å². The molecule has 0 aliphatic rings. The van der Waals surface area contributed by atoms with Gasteiger partial charge in [0.25, 0.3) is 0 Å². The number of rotatable bonds is 6. The lowest BCUT2D eigenvalue weighted by Crippen LogP contribution is -2.17. The number of aromatic amines is 1. The van der Waals surface area contributed by atoms with Crippen LogP contribution >= 0.6 is 11.8 Å².